The van der Waals surface area contributed by atoms with Gasteiger partial charge in [-0.1, -0.05) is 18.2 Å². The van der Waals surface area contributed by atoms with Crippen molar-refractivity contribution in [1.82, 2.24) is 19.2 Å². The van der Waals surface area contributed by atoms with Gasteiger partial charge in [0.15, 0.2) is 5.03 Å². The summed E-state index contributed by atoms with van der Waals surface area (Å²) in [4.78, 5) is 16.4. The summed E-state index contributed by atoms with van der Waals surface area (Å²) in [6.45, 7) is 0.0744. The van der Waals surface area contributed by atoms with Crippen LogP contribution in [0, 0.1) is 5.92 Å². The molecule has 164 valence electrons. The van der Waals surface area contributed by atoms with Crippen LogP contribution in [0.1, 0.15) is 18.4 Å². The van der Waals surface area contributed by atoms with Crippen LogP contribution in [-0.4, -0.2) is 47.6 Å². The number of carbonyl (C=O) groups is 1. The summed E-state index contributed by atoms with van der Waals surface area (Å²) in [5.41, 5.74) is 0.164. The number of carbonyl (C=O) groups excluding carboxylic acids is 1. The largest absolute Gasteiger partial charge is 0.573 e. The third-order valence-corrected chi connectivity index (χ3v) is 6.44. The number of nitrogens with one attached hydrogen (secondary N) is 1. The quantitative estimate of drug-likeness (QED) is 0.733. The molecular formula is C18H21F3N4O4S. The van der Waals surface area contributed by atoms with E-state index < -0.39 is 34.0 Å². The fourth-order valence-corrected chi connectivity index (χ4v) is 4.72. The summed E-state index contributed by atoms with van der Waals surface area (Å²) in [7, 11) is -2.17. The van der Waals surface area contributed by atoms with Crippen LogP contribution in [0.3, 0.4) is 0 Å². The second-order valence-electron chi connectivity index (χ2n) is 6.95. The molecule has 12 heteroatoms. The predicted octanol–water partition coefficient (Wildman–Crippen LogP) is 2.04. The minimum atomic E-state index is -4.84. The van der Waals surface area contributed by atoms with Crippen molar-refractivity contribution in [2.24, 2.45) is 13.0 Å². The smallest absolute Gasteiger partial charge is 0.405 e. The summed E-state index contributed by atoms with van der Waals surface area (Å²) in [5.74, 6) is -1.45. The second-order valence-corrected chi connectivity index (χ2v) is 8.84. The van der Waals surface area contributed by atoms with E-state index in [1.165, 1.54) is 39.6 Å². The topological polar surface area (TPSA) is 93.5 Å². The number of hydrogen-bond donors (Lipinski definition) is 1. The molecule has 0 aliphatic carbocycles. The first kappa shape index (κ1) is 22.1. The molecule has 0 unspecified atom stereocenters. The number of hydrogen-bond acceptors (Lipinski definition) is 5. The molecule has 1 aliphatic heterocycles. The molecule has 8 nitrogen and oxygen atoms in total. The number of piperidine rings is 1. The third-order valence-electron chi connectivity index (χ3n) is 4.69. The van der Waals surface area contributed by atoms with Gasteiger partial charge in [-0.2, -0.15) is 4.31 Å². The number of ether oxygens (including phenoxy) is 1. The molecule has 1 amide bonds. The van der Waals surface area contributed by atoms with Gasteiger partial charge in [0.25, 0.3) is 10.0 Å². The molecule has 0 spiro atoms. The van der Waals surface area contributed by atoms with Crippen LogP contribution in [0.25, 0.3) is 0 Å². The summed E-state index contributed by atoms with van der Waals surface area (Å²) in [6, 6.07) is 5.51. The molecule has 0 radical (unpaired) electrons. The molecule has 30 heavy (non-hydrogen) atoms. The van der Waals surface area contributed by atoms with Crippen LogP contribution in [0.4, 0.5) is 13.2 Å². The number of aryl methyl sites for hydroxylation is 1. The van der Waals surface area contributed by atoms with Gasteiger partial charge in [0.2, 0.25) is 5.91 Å². The van der Waals surface area contributed by atoms with Gasteiger partial charge in [0, 0.05) is 38.4 Å². The van der Waals surface area contributed by atoms with E-state index in [2.05, 4.69) is 15.0 Å². The highest BCUT2D eigenvalue weighted by Crippen LogP contribution is 2.27. The Balaban J connectivity index is 1.64. The second kappa shape index (κ2) is 8.64. The van der Waals surface area contributed by atoms with Crippen LogP contribution in [0.15, 0.2) is 41.8 Å². The lowest BCUT2D eigenvalue weighted by Crippen LogP contribution is -2.45. The number of benzene rings is 1. The van der Waals surface area contributed by atoms with E-state index in [1.54, 1.807) is 7.05 Å². The maximum absolute atomic E-state index is 12.7. The van der Waals surface area contributed by atoms with Gasteiger partial charge in [0.1, 0.15) is 5.75 Å². The molecule has 1 aromatic heterocycles. The van der Waals surface area contributed by atoms with Gasteiger partial charge in [0.05, 0.1) is 12.2 Å². The normalized spacial score (nSPS) is 18.2. The van der Waals surface area contributed by atoms with E-state index in [0.29, 0.717) is 12.8 Å². The monoisotopic (exact) mass is 446 g/mol. The Bertz CT molecular complexity index is 1010. The van der Waals surface area contributed by atoms with E-state index in [9.17, 15) is 26.4 Å². The first-order valence-corrected chi connectivity index (χ1v) is 10.6. The molecule has 2 heterocycles. The minimum absolute atomic E-state index is 0.0224. The molecule has 1 aliphatic rings. The number of rotatable bonds is 6. The van der Waals surface area contributed by atoms with Crippen LogP contribution < -0.4 is 10.1 Å². The number of nitrogens with zero attached hydrogens (tertiary/aromatic N) is 3. The molecular weight excluding hydrogens is 425 g/mol. The summed E-state index contributed by atoms with van der Waals surface area (Å²) in [6.07, 6.45) is -1.12. The molecule has 1 saturated heterocycles. The zero-order valence-electron chi connectivity index (χ0n) is 16.1. The number of amides is 1. The van der Waals surface area contributed by atoms with Gasteiger partial charge in [-0.3, -0.25) is 4.79 Å². The number of sulfonamides is 1. The van der Waals surface area contributed by atoms with Crippen molar-refractivity contribution >= 4 is 15.9 Å². The Morgan fingerprint density at radius 1 is 1.33 bits per heavy atom. The molecule has 0 saturated carbocycles. The molecule has 2 aromatic rings. The summed E-state index contributed by atoms with van der Waals surface area (Å²) < 4.78 is 69.7. The Morgan fingerprint density at radius 2 is 2.07 bits per heavy atom. The van der Waals surface area contributed by atoms with Crippen molar-refractivity contribution < 1.29 is 31.1 Å². The third kappa shape index (κ3) is 5.30. The van der Waals surface area contributed by atoms with Crippen molar-refractivity contribution in [3.05, 3.63) is 42.4 Å². The maximum atomic E-state index is 12.7. The summed E-state index contributed by atoms with van der Waals surface area (Å²) in [5, 5.41) is 2.49. The highest BCUT2D eigenvalue weighted by atomic mass is 32.2. The number of halogens is 3. The lowest BCUT2D eigenvalue weighted by atomic mass is 9.98. The Morgan fingerprint density at radius 3 is 2.73 bits per heavy atom. The number of para-hydroxylation sites is 1. The highest BCUT2D eigenvalue weighted by Gasteiger charge is 2.35. The SMILES string of the molecule is Cn1cnc(S(=O)(=O)N2CCC[C@@H](C(=O)NCc3ccccc3OC(F)(F)F)C2)c1. The van der Waals surface area contributed by atoms with Crippen molar-refractivity contribution in [3.63, 3.8) is 0 Å². The molecule has 1 fully saturated rings. The fraction of sp³-hybridized carbons (Fsp3) is 0.444. The fourth-order valence-electron chi connectivity index (χ4n) is 3.23. The van der Waals surface area contributed by atoms with Crippen molar-refractivity contribution in [3.8, 4) is 5.75 Å². The number of imidazole rings is 1. The zero-order chi connectivity index (χ0) is 21.9. The number of alkyl halides is 3. The van der Waals surface area contributed by atoms with E-state index in [1.807, 2.05) is 0 Å². The average molecular weight is 446 g/mol. The first-order valence-electron chi connectivity index (χ1n) is 9.16. The molecule has 1 aromatic carbocycles. The van der Waals surface area contributed by atoms with Crippen LogP contribution in [-0.2, 0) is 28.4 Å². The van der Waals surface area contributed by atoms with Crippen LogP contribution in [0.5, 0.6) is 5.75 Å². The Hall–Kier alpha value is -2.60. The van der Waals surface area contributed by atoms with E-state index in [-0.39, 0.29) is 30.2 Å². The Kier molecular flexibility index (Phi) is 6.36. The minimum Gasteiger partial charge on any atom is -0.405 e. The molecule has 3 rings (SSSR count). The van der Waals surface area contributed by atoms with Crippen molar-refractivity contribution in [1.29, 1.82) is 0 Å². The van der Waals surface area contributed by atoms with E-state index >= 15 is 0 Å². The van der Waals surface area contributed by atoms with Gasteiger partial charge in [-0.15, -0.1) is 13.2 Å². The predicted molar refractivity (Wildman–Crippen MR) is 99.7 cm³/mol. The standard InChI is InChI=1S/C18H21F3N4O4S/c1-24-11-16(23-12-24)30(27,28)25-8-4-6-14(10-25)17(26)22-9-13-5-2-3-7-15(13)29-18(19,20)21/h2-3,5,7,11-12,14H,4,6,8-10H2,1H3,(H,22,26)/t14-/m1/s1. The molecule has 1 N–H and O–H groups in total. The average Bonchev–Trinajstić information content (AvgIpc) is 3.13. The van der Waals surface area contributed by atoms with Crippen molar-refractivity contribution in [2.75, 3.05) is 13.1 Å². The van der Waals surface area contributed by atoms with Gasteiger partial charge >= 0.3 is 6.36 Å². The highest BCUT2D eigenvalue weighted by molar-refractivity contribution is 7.89. The van der Waals surface area contributed by atoms with Crippen LogP contribution >= 0.6 is 0 Å². The maximum Gasteiger partial charge on any atom is 0.573 e. The van der Waals surface area contributed by atoms with Gasteiger partial charge in [-0.25, -0.2) is 13.4 Å². The number of aromatic nitrogens is 2. The van der Waals surface area contributed by atoms with E-state index in [4.69, 9.17) is 0 Å². The molecule has 0 bridgehead atoms. The van der Waals surface area contributed by atoms with Crippen molar-refractivity contribution in [2.45, 2.75) is 30.8 Å². The van der Waals surface area contributed by atoms with Crippen LogP contribution in [0.2, 0.25) is 0 Å². The first-order chi connectivity index (χ1) is 14.1. The summed E-state index contributed by atoms with van der Waals surface area (Å²) >= 11 is 0. The van der Waals surface area contributed by atoms with Gasteiger partial charge in [-0.05, 0) is 18.9 Å². The lowest BCUT2D eigenvalue weighted by Gasteiger charge is -2.30. The Labute approximate surface area is 171 Å². The van der Waals surface area contributed by atoms with Gasteiger partial charge < -0.3 is 14.6 Å². The molecule has 1 atom stereocenters. The van der Waals surface area contributed by atoms with E-state index in [0.717, 1.165) is 6.07 Å². The zero-order valence-corrected chi connectivity index (χ0v) is 16.9. The lowest BCUT2D eigenvalue weighted by molar-refractivity contribution is -0.274.